The summed E-state index contributed by atoms with van der Waals surface area (Å²) in [4.78, 5) is 0.644. The molecule has 1 aromatic heterocycles. The SMILES string of the molecule is FC(F)(F)N(c1ccccc1)n1nnnc1-c1ccccc1. The minimum Gasteiger partial charge on any atom is -0.168 e. The normalized spacial score (nSPS) is 11.4. The fourth-order valence-corrected chi connectivity index (χ4v) is 2.01. The first-order valence-corrected chi connectivity index (χ1v) is 6.33. The van der Waals surface area contributed by atoms with Crippen molar-refractivity contribution >= 4 is 5.69 Å². The molecule has 0 N–H and O–H groups in total. The highest BCUT2D eigenvalue weighted by atomic mass is 19.4. The number of benzene rings is 2. The lowest BCUT2D eigenvalue weighted by Crippen LogP contribution is -2.43. The maximum atomic E-state index is 13.5. The van der Waals surface area contributed by atoms with Crippen molar-refractivity contribution in [3.05, 3.63) is 60.7 Å². The van der Waals surface area contributed by atoms with Crippen LogP contribution >= 0.6 is 0 Å². The van der Waals surface area contributed by atoms with Gasteiger partial charge in [0.2, 0.25) is 5.82 Å². The lowest BCUT2D eigenvalue weighted by Gasteiger charge is -2.26. The molecule has 0 radical (unpaired) electrons. The van der Waals surface area contributed by atoms with Crippen LogP contribution in [0.3, 0.4) is 0 Å². The van der Waals surface area contributed by atoms with Crippen LogP contribution in [0.4, 0.5) is 18.9 Å². The Bertz CT molecular complexity index is 740. The number of aromatic nitrogens is 4. The monoisotopic (exact) mass is 305 g/mol. The van der Waals surface area contributed by atoms with Crippen molar-refractivity contribution in [3.8, 4) is 11.4 Å². The summed E-state index contributed by atoms with van der Waals surface area (Å²) in [7, 11) is 0. The number of nitrogens with zero attached hydrogens (tertiary/aromatic N) is 5. The first-order chi connectivity index (χ1) is 10.6. The molecular formula is C14H10F3N5. The van der Waals surface area contributed by atoms with Crippen molar-refractivity contribution in [2.75, 3.05) is 5.01 Å². The molecule has 3 rings (SSSR count). The van der Waals surface area contributed by atoms with Gasteiger partial charge >= 0.3 is 6.30 Å². The van der Waals surface area contributed by atoms with Crippen molar-refractivity contribution in [1.29, 1.82) is 0 Å². The van der Waals surface area contributed by atoms with Gasteiger partial charge in [0.15, 0.2) is 0 Å². The van der Waals surface area contributed by atoms with E-state index in [4.69, 9.17) is 0 Å². The van der Waals surface area contributed by atoms with E-state index in [1.807, 2.05) is 0 Å². The smallest absolute Gasteiger partial charge is 0.168 e. The fraction of sp³-hybridized carbons (Fsp3) is 0.0714. The van der Waals surface area contributed by atoms with Gasteiger partial charge in [-0.05, 0) is 22.6 Å². The molecule has 3 aromatic rings. The number of tetrazole rings is 1. The molecule has 0 saturated heterocycles. The van der Waals surface area contributed by atoms with Gasteiger partial charge < -0.3 is 0 Å². The summed E-state index contributed by atoms with van der Waals surface area (Å²) >= 11 is 0. The number of halogens is 3. The molecular weight excluding hydrogens is 295 g/mol. The van der Waals surface area contributed by atoms with E-state index < -0.39 is 6.30 Å². The van der Waals surface area contributed by atoms with Crippen LogP contribution in [0.2, 0.25) is 0 Å². The maximum absolute atomic E-state index is 13.5. The van der Waals surface area contributed by atoms with Crippen molar-refractivity contribution < 1.29 is 13.2 Å². The third kappa shape index (κ3) is 2.62. The number of hydrogen-bond donors (Lipinski definition) is 0. The molecule has 1 heterocycles. The van der Waals surface area contributed by atoms with Crippen LogP contribution in [0.15, 0.2) is 60.7 Å². The number of hydrogen-bond acceptors (Lipinski definition) is 4. The van der Waals surface area contributed by atoms with E-state index in [9.17, 15) is 13.2 Å². The predicted octanol–water partition coefficient (Wildman–Crippen LogP) is 3.13. The number of para-hydroxylation sites is 1. The van der Waals surface area contributed by atoms with Gasteiger partial charge in [-0.3, -0.25) is 0 Å². The standard InChI is InChI=1S/C14H10F3N5/c15-14(16,17)21(12-9-5-2-6-10-12)22-13(18-19-20-22)11-7-3-1-4-8-11/h1-10H. The summed E-state index contributed by atoms with van der Waals surface area (Å²) in [5.41, 5.74) is 0.400. The van der Waals surface area contributed by atoms with Gasteiger partial charge in [0.1, 0.15) is 0 Å². The molecule has 0 unspecified atom stereocenters. The van der Waals surface area contributed by atoms with E-state index in [2.05, 4.69) is 15.5 Å². The fourth-order valence-electron chi connectivity index (χ4n) is 2.01. The highest BCUT2D eigenvalue weighted by Gasteiger charge is 2.41. The molecule has 0 fully saturated rings. The Labute approximate surface area is 123 Å². The Morgan fingerprint density at radius 1 is 0.864 bits per heavy atom. The summed E-state index contributed by atoms with van der Waals surface area (Å²) in [5, 5.41) is 10.7. The minimum absolute atomic E-state index is 0.00165. The lowest BCUT2D eigenvalue weighted by atomic mass is 10.2. The summed E-state index contributed by atoms with van der Waals surface area (Å²) in [6, 6.07) is 15.8. The second-order valence-corrected chi connectivity index (χ2v) is 4.37. The van der Waals surface area contributed by atoms with Gasteiger partial charge in [-0.15, -0.1) is 23.1 Å². The summed E-state index contributed by atoms with van der Waals surface area (Å²) in [6.07, 6.45) is -4.68. The van der Waals surface area contributed by atoms with Gasteiger partial charge in [-0.25, -0.2) is 0 Å². The van der Waals surface area contributed by atoms with E-state index >= 15 is 0 Å². The Hall–Kier alpha value is -2.90. The molecule has 0 aliphatic heterocycles. The highest BCUT2D eigenvalue weighted by Crippen LogP contribution is 2.30. The zero-order valence-corrected chi connectivity index (χ0v) is 11.1. The molecule has 0 atom stereocenters. The quantitative estimate of drug-likeness (QED) is 0.698. The van der Waals surface area contributed by atoms with E-state index in [0.717, 1.165) is 0 Å². The zero-order chi connectivity index (χ0) is 15.6. The molecule has 0 bridgehead atoms. The van der Waals surface area contributed by atoms with Crippen LogP contribution in [-0.2, 0) is 0 Å². The Morgan fingerprint density at radius 2 is 1.45 bits per heavy atom. The Balaban J connectivity index is 2.14. The van der Waals surface area contributed by atoms with E-state index in [0.29, 0.717) is 10.4 Å². The second kappa shape index (κ2) is 5.47. The van der Waals surface area contributed by atoms with Crippen LogP contribution in [0.5, 0.6) is 0 Å². The van der Waals surface area contributed by atoms with Crippen molar-refractivity contribution in [2.45, 2.75) is 6.30 Å². The van der Waals surface area contributed by atoms with Crippen LogP contribution in [-0.4, -0.2) is 26.6 Å². The van der Waals surface area contributed by atoms with Gasteiger partial charge in [0, 0.05) is 5.56 Å². The summed E-state index contributed by atoms with van der Waals surface area (Å²) < 4.78 is 40.4. The third-order valence-electron chi connectivity index (χ3n) is 2.92. The topological polar surface area (TPSA) is 46.8 Å². The average Bonchev–Trinajstić information content (AvgIpc) is 2.97. The third-order valence-corrected chi connectivity index (χ3v) is 2.92. The molecule has 0 amide bonds. The predicted molar refractivity (Wildman–Crippen MR) is 73.6 cm³/mol. The summed E-state index contributed by atoms with van der Waals surface area (Å²) in [6.45, 7) is 0. The van der Waals surface area contributed by atoms with Gasteiger partial charge in [0.05, 0.1) is 5.69 Å². The van der Waals surface area contributed by atoms with E-state index in [-0.39, 0.29) is 16.5 Å². The molecule has 8 heteroatoms. The largest absolute Gasteiger partial charge is 0.505 e. The number of alkyl halides is 3. The van der Waals surface area contributed by atoms with E-state index in [1.54, 1.807) is 36.4 Å². The molecule has 0 aliphatic carbocycles. The average molecular weight is 305 g/mol. The molecule has 22 heavy (non-hydrogen) atoms. The van der Waals surface area contributed by atoms with Crippen LogP contribution in [0, 0.1) is 0 Å². The lowest BCUT2D eigenvalue weighted by molar-refractivity contribution is -0.137. The molecule has 0 aliphatic rings. The molecule has 2 aromatic carbocycles. The van der Waals surface area contributed by atoms with Gasteiger partial charge in [0.25, 0.3) is 0 Å². The van der Waals surface area contributed by atoms with Crippen LogP contribution in [0.25, 0.3) is 11.4 Å². The van der Waals surface area contributed by atoms with Crippen LogP contribution < -0.4 is 5.01 Å². The number of rotatable bonds is 3. The Kier molecular flexibility index (Phi) is 3.50. The molecule has 0 spiro atoms. The van der Waals surface area contributed by atoms with Gasteiger partial charge in [-0.2, -0.15) is 5.01 Å². The van der Waals surface area contributed by atoms with Crippen molar-refractivity contribution in [3.63, 3.8) is 0 Å². The van der Waals surface area contributed by atoms with Crippen molar-refractivity contribution in [2.24, 2.45) is 0 Å². The summed E-state index contributed by atoms with van der Waals surface area (Å²) in [5.74, 6) is 0.00165. The van der Waals surface area contributed by atoms with Gasteiger partial charge in [-0.1, -0.05) is 48.5 Å². The minimum atomic E-state index is -4.68. The first-order valence-electron chi connectivity index (χ1n) is 6.33. The molecule has 5 nitrogen and oxygen atoms in total. The Morgan fingerprint density at radius 3 is 2.05 bits per heavy atom. The maximum Gasteiger partial charge on any atom is 0.505 e. The number of anilines is 1. The van der Waals surface area contributed by atoms with Crippen LogP contribution in [0.1, 0.15) is 0 Å². The van der Waals surface area contributed by atoms with Crippen molar-refractivity contribution in [1.82, 2.24) is 20.3 Å². The van der Waals surface area contributed by atoms with E-state index in [1.165, 1.54) is 24.3 Å². The zero-order valence-electron chi connectivity index (χ0n) is 11.1. The highest BCUT2D eigenvalue weighted by molar-refractivity contribution is 5.56. The first kappa shape index (κ1) is 14.1. The molecule has 0 saturated carbocycles. The second-order valence-electron chi connectivity index (χ2n) is 4.37. The molecule has 112 valence electrons.